The van der Waals surface area contributed by atoms with E-state index in [1.807, 2.05) is 24.3 Å². The molecule has 0 bridgehead atoms. The van der Waals surface area contributed by atoms with Crippen molar-refractivity contribution < 1.29 is 4.74 Å². The molecule has 0 atom stereocenters. The Morgan fingerprint density at radius 3 is 2.54 bits per heavy atom. The molecule has 0 spiro atoms. The number of benzene rings is 2. The Kier molecular flexibility index (Phi) is 9.91. The average Bonchev–Trinajstić information content (AvgIpc) is 2.63. The third-order valence-corrected chi connectivity index (χ3v) is 4.93. The molecule has 26 heavy (non-hydrogen) atoms. The second kappa shape index (κ2) is 12.2. The summed E-state index contributed by atoms with van der Waals surface area (Å²) in [7, 11) is 0. The quantitative estimate of drug-likeness (QED) is 0.391. The summed E-state index contributed by atoms with van der Waals surface area (Å²) in [5, 5.41) is 4.79. The molecule has 0 radical (unpaired) electrons. The number of ether oxygens (including phenoxy) is 1. The zero-order valence-corrected chi connectivity index (χ0v) is 17.1. The van der Waals surface area contributed by atoms with Crippen molar-refractivity contribution in [1.29, 1.82) is 0 Å². The predicted octanol–water partition coefficient (Wildman–Crippen LogP) is 7.02. The van der Waals surface area contributed by atoms with Crippen LogP contribution in [0.25, 0.3) is 0 Å². The van der Waals surface area contributed by atoms with Gasteiger partial charge in [-0.3, -0.25) is 0 Å². The van der Waals surface area contributed by atoms with Crippen LogP contribution in [0.4, 0.5) is 0 Å². The number of nitrogens with one attached hydrogen (secondary N) is 1. The van der Waals surface area contributed by atoms with Crippen molar-refractivity contribution in [1.82, 2.24) is 5.32 Å². The molecule has 1 N–H and O–H groups in total. The monoisotopic (exact) mass is 393 g/mol. The van der Waals surface area contributed by atoms with E-state index < -0.39 is 0 Å². The van der Waals surface area contributed by atoms with Gasteiger partial charge in [-0.25, -0.2) is 0 Å². The van der Waals surface area contributed by atoms with Crippen molar-refractivity contribution >= 4 is 23.2 Å². The van der Waals surface area contributed by atoms with Crippen LogP contribution in [0.3, 0.4) is 0 Å². The molecule has 4 heteroatoms. The third-order valence-electron chi connectivity index (χ3n) is 4.34. The summed E-state index contributed by atoms with van der Waals surface area (Å²) in [6.07, 6.45) is 7.95. The van der Waals surface area contributed by atoms with E-state index in [2.05, 4.69) is 24.4 Å². The molecule has 142 valence electrons. The first-order chi connectivity index (χ1) is 12.7. The molecule has 0 heterocycles. The second-order valence-electron chi connectivity index (χ2n) is 6.62. The highest BCUT2D eigenvalue weighted by Crippen LogP contribution is 2.23. The summed E-state index contributed by atoms with van der Waals surface area (Å²) in [4.78, 5) is 0. The van der Waals surface area contributed by atoms with E-state index in [4.69, 9.17) is 27.9 Å². The van der Waals surface area contributed by atoms with E-state index in [1.165, 1.54) is 44.1 Å². The van der Waals surface area contributed by atoms with Gasteiger partial charge in [0, 0.05) is 22.2 Å². The van der Waals surface area contributed by atoms with Crippen LogP contribution in [-0.4, -0.2) is 6.54 Å². The predicted molar refractivity (Wildman–Crippen MR) is 112 cm³/mol. The van der Waals surface area contributed by atoms with Crippen molar-refractivity contribution in [2.75, 3.05) is 6.54 Å². The van der Waals surface area contributed by atoms with Crippen LogP contribution in [0.1, 0.15) is 56.6 Å². The average molecular weight is 394 g/mol. The van der Waals surface area contributed by atoms with E-state index in [9.17, 15) is 0 Å². The number of halogens is 2. The van der Waals surface area contributed by atoms with Gasteiger partial charge in [-0.15, -0.1) is 0 Å². The molecule has 0 saturated heterocycles. The molecule has 0 aliphatic carbocycles. The molecular weight excluding hydrogens is 365 g/mol. The van der Waals surface area contributed by atoms with Crippen LogP contribution in [0.5, 0.6) is 5.75 Å². The van der Waals surface area contributed by atoms with Crippen LogP contribution >= 0.6 is 23.2 Å². The molecule has 2 aromatic carbocycles. The molecule has 0 aliphatic heterocycles. The zero-order valence-electron chi connectivity index (χ0n) is 15.6. The van der Waals surface area contributed by atoms with Crippen LogP contribution in [-0.2, 0) is 13.2 Å². The molecule has 0 aromatic heterocycles. The Hall–Kier alpha value is -1.22. The van der Waals surface area contributed by atoms with Gasteiger partial charge < -0.3 is 10.1 Å². The third kappa shape index (κ3) is 7.99. The van der Waals surface area contributed by atoms with E-state index >= 15 is 0 Å². The SMILES string of the molecule is CCCCCCCCNCc1cccc(OCc2ccc(Cl)cc2Cl)c1. The van der Waals surface area contributed by atoms with Gasteiger partial charge in [-0.2, -0.15) is 0 Å². The molecule has 2 nitrogen and oxygen atoms in total. The van der Waals surface area contributed by atoms with E-state index in [0.29, 0.717) is 16.7 Å². The van der Waals surface area contributed by atoms with Crippen LogP contribution < -0.4 is 10.1 Å². The summed E-state index contributed by atoms with van der Waals surface area (Å²) in [5.74, 6) is 0.856. The smallest absolute Gasteiger partial charge is 0.120 e. The minimum atomic E-state index is 0.435. The van der Waals surface area contributed by atoms with Crippen LogP contribution in [0, 0.1) is 0 Å². The van der Waals surface area contributed by atoms with Gasteiger partial charge in [0.2, 0.25) is 0 Å². The minimum Gasteiger partial charge on any atom is -0.489 e. The number of hydrogen-bond donors (Lipinski definition) is 1. The summed E-state index contributed by atoms with van der Waals surface area (Å²) in [6, 6.07) is 13.7. The summed E-state index contributed by atoms with van der Waals surface area (Å²) in [6.45, 7) is 4.62. The van der Waals surface area contributed by atoms with Gasteiger partial charge in [0.25, 0.3) is 0 Å². The van der Waals surface area contributed by atoms with E-state index in [-0.39, 0.29) is 0 Å². The lowest BCUT2D eigenvalue weighted by Crippen LogP contribution is -2.14. The van der Waals surface area contributed by atoms with Gasteiger partial charge in [-0.1, -0.05) is 80.4 Å². The Morgan fingerprint density at radius 2 is 1.73 bits per heavy atom. The van der Waals surface area contributed by atoms with Crippen molar-refractivity contribution in [2.24, 2.45) is 0 Å². The molecule has 0 aliphatic rings. The highest BCUT2D eigenvalue weighted by Gasteiger charge is 2.03. The maximum absolute atomic E-state index is 6.19. The van der Waals surface area contributed by atoms with Crippen LogP contribution in [0.15, 0.2) is 42.5 Å². The first-order valence-electron chi connectivity index (χ1n) is 9.55. The molecule has 0 saturated carbocycles. The maximum Gasteiger partial charge on any atom is 0.120 e. The number of rotatable bonds is 12. The fraction of sp³-hybridized carbons (Fsp3) is 0.455. The van der Waals surface area contributed by atoms with Gasteiger partial charge >= 0.3 is 0 Å². The fourth-order valence-corrected chi connectivity index (χ4v) is 3.27. The van der Waals surface area contributed by atoms with Crippen molar-refractivity contribution in [3.8, 4) is 5.75 Å². The van der Waals surface area contributed by atoms with Gasteiger partial charge in [0.05, 0.1) is 0 Å². The number of unbranched alkanes of at least 4 members (excludes halogenated alkanes) is 5. The largest absolute Gasteiger partial charge is 0.489 e. The van der Waals surface area contributed by atoms with Crippen molar-refractivity contribution in [3.05, 3.63) is 63.6 Å². The summed E-state index contributed by atoms with van der Waals surface area (Å²) >= 11 is 12.1. The first-order valence-corrected chi connectivity index (χ1v) is 10.3. The first kappa shape index (κ1) is 21.1. The highest BCUT2D eigenvalue weighted by atomic mass is 35.5. The van der Waals surface area contributed by atoms with Crippen LogP contribution in [0.2, 0.25) is 10.0 Å². The Bertz CT molecular complexity index is 660. The highest BCUT2D eigenvalue weighted by molar-refractivity contribution is 6.35. The Labute approximate surface area is 167 Å². The molecular formula is C22H29Cl2NO. The van der Waals surface area contributed by atoms with Crippen molar-refractivity contribution in [3.63, 3.8) is 0 Å². The zero-order chi connectivity index (χ0) is 18.6. The fourth-order valence-electron chi connectivity index (χ4n) is 2.81. The Balaban J connectivity index is 1.70. The van der Waals surface area contributed by atoms with Gasteiger partial charge in [0.1, 0.15) is 12.4 Å². The normalized spacial score (nSPS) is 10.9. The lowest BCUT2D eigenvalue weighted by Gasteiger charge is -2.10. The molecule has 2 aromatic rings. The molecule has 0 fully saturated rings. The van der Waals surface area contributed by atoms with E-state index in [1.54, 1.807) is 6.07 Å². The standard InChI is InChI=1S/C22H29Cl2NO/c1-2-3-4-5-6-7-13-25-16-18-9-8-10-21(14-18)26-17-19-11-12-20(23)15-22(19)24/h8-12,14-15,25H,2-7,13,16-17H2,1H3. The number of hydrogen-bond acceptors (Lipinski definition) is 2. The topological polar surface area (TPSA) is 21.3 Å². The van der Waals surface area contributed by atoms with Gasteiger partial charge in [0.15, 0.2) is 0 Å². The lowest BCUT2D eigenvalue weighted by molar-refractivity contribution is 0.306. The lowest BCUT2D eigenvalue weighted by atomic mass is 10.1. The van der Waals surface area contributed by atoms with Gasteiger partial charge in [-0.05, 0) is 42.8 Å². The second-order valence-corrected chi connectivity index (χ2v) is 7.46. The summed E-state index contributed by atoms with van der Waals surface area (Å²) in [5.41, 5.74) is 2.17. The summed E-state index contributed by atoms with van der Waals surface area (Å²) < 4.78 is 5.88. The van der Waals surface area contributed by atoms with Crippen molar-refractivity contribution in [2.45, 2.75) is 58.6 Å². The molecule has 0 amide bonds. The minimum absolute atomic E-state index is 0.435. The Morgan fingerprint density at radius 1 is 0.923 bits per heavy atom. The molecule has 2 rings (SSSR count). The van der Waals surface area contributed by atoms with E-state index in [0.717, 1.165) is 24.4 Å². The maximum atomic E-state index is 6.19. The molecule has 0 unspecified atom stereocenters.